The van der Waals surface area contributed by atoms with E-state index >= 15 is 0 Å². The molecule has 1 saturated heterocycles. The summed E-state index contributed by atoms with van der Waals surface area (Å²) in [6.45, 7) is 7.35. The van der Waals surface area contributed by atoms with Gasteiger partial charge in [0.2, 0.25) is 5.91 Å². The molecule has 20 heavy (non-hydrogen) atoms. The Morgan fingerprint density at radius 3 is 2.40 bits per heavy atom. The first kappa shape index (κ1) is 14.8. The van der Waals surface area contributed by atoms with Crippen LogP contribution in [0.1, 0.15) is 47.7 Å². The molecule has 108 valence electrons. The van der Waals surface area contributed by atoms with Gasteiger partial charge in [-0.15, -0.1) is 0 Å². The number of likely N-dealkylation sites (tertiary alicyclic amines) is 1. The molecule has 0 atom stereocenters. The second kappa shape index (κ2) is 6.21. The van der Waals surface area contributed by atoms with Gasteiger partial charge in [-0.1, -0.05) is 30.7 Å². The highest BCUT2D eigenvalue weighted by Crippen LogP contribution is 2.24. The molecule has 0 unspecified atom stereocenters. The van der Waals surface area contributed by atoms with Crippen LogP contribution in [-0.4, -0.2) is 29.7 Å². The third-order valence-corrected chi connectivity index (χ3v) is 4.17. The molecule has 3 nitrogen and oxygen atoms in total. The molecule has 1 fully saturated rings. The monoisotopic (exact) mass is 273 g/mol. The van der Waals surface area contributed by atoms with E-state index < -0.39 is 0 Å². The minimum Gasteiger partial charge on any atom is -0.343 e. The number of carbonyl (C=O) groups excluding carboxylic acids is 2. The van der Waals surface area contributed by atoms with Crippen LogP contribution in [0.4, 0.5) is 0 Å². The predicted molar refractivity (Wildman–Crippen MR) is 79.8 cm³/mol. The Morgan fingerprint density at radius 1 is 1.20 bits per heavy atom. The van der Waals surface area contributed by atoms with Gasteiger partial charge in [0.25, 0.3) is 0 Å². The lowest BCUT2D eigenvalue weighted by Gasteiger charge is -2.31. The Morgan fingerprint density at radius 2 is 1.85 bits per heavy atom. The van der Waals surface area contributed by atoms with Gasteiger partial charge in [-0.05, 0) is 32.3 Å². The molecule has 1 aliphatic heterocycles. The van der Waals surface area contributed by atoms with Crippen molar-refractivity contribution in [3.05, 3.63) is 34.9 Å². The second-order valence-electron chi connectivity index (χ2n) is 5.69. The maximum absolute atomic E-state index is 12.6. The van der Waals surface area contributed by atoms with Crippen molar-refractivity contribution < 1.29 is 9.59 Å². The molecule has 0 radical (unpaired) electrons. The molecule has 2 rings (SSSR count). The average Bonchev–Trinajstić information content (AvgIpc) is 2.46. The van der Waals surface area contributed by atoms with Crippen LogP contribution < -0.4 is 0 Å². The third kappa shape index (κ3) is 3.09. The van der Waals surface area contributed by atoms with E-state index in [0.717, 1.165) is 24.0 Å². The van der Waals surface area contributed by atoms with Crippen LogP contribution in [-0.2, 0) is 4.79 Å². The number of hydrogen-bond donors (Lipinski definition) is 0. The summed E-state index contributed by atoms with van der Waals surface area (Å²) in [6, 6.07) is 6.00. The van der Waals surface area contributed by atoms with Crippen LogP contribution in [0.25, 0.3) is 0 Å². The molecule has 3 heteroatoms. The molecule has 0 aromatic heterocycles. The fraction of sp³-hybridized carbons (Fsp3) is 0.529. The number of Topliss-reactive ketones (excluding diaryl/α,β-unsaturated/α-hetero) is 1. The fourth-order valence-corrected chi connectivity index (χ4v) is 2.92. The van der Waals surface area contributed by atoms with E-state index in [1.54, 1.807) is 0 Å². The highest BCUT2D eigenvalue weighted by atomic mass is 16.2. The first-order valence-corrected chi connectivity index (χ1v) is 7.42. The van der Waals surface area contributed by atoms with Crippen molar-refractivity contribution in [3.63, 3.8) is 0 Å². The average molecular weight is 273 g/mol. The largest absolute Gasteiger partial charge is 0.343 e. The second-order valence-corrected chi connectivity index (χ2v) is 5.69. The minimum atomic E-state index is 0.0670. The van der Waals surface area contributed by atoms with Gasteiger partial charge in [0, 0.05) is 31.0 Å². The molecular formula is C17H23NO2. The topological polar surface area (TPSA) is 37.4 Å². The zero-order valence-electron chi connectivity index (χ0n) is 12.6. The molecule has 1 aromatic carbocycles. The number of piperidine rings is 1. The van der Waals surface area contributed by atoms with E-state index in [0.29, 0.717) is 19.5 Å². The number of aryl methyl sites for hydroxylation is 2. The molecular weight excluding hydrogens is 250 g/mol. The van der Waals surface area contributed by atoms with Gasteiger partial charge in [0.15, 0.2) is 5.78 Å². The quantitative estimate of drug-likeness (QED) is 0.793. The number of hydrogen-bond acceptors (Lipinski definition) is 2. The fourth-order valence-electron chi connectivity index (χ4n) is 2.92. The van der Waals surface area contributed by atoms with Gasteiger partial charge < -0.3 is 4.90 Å². The van der Waals surface area contributed by atoms with Crippen LogP contribution in [0.5, 0.6) is 0 Å². The summed E-state index contributed by atoms with van der Waals surface area (Å²) >= 11 is 0. The van der Waals surface area contributed by atoms with Gasteiger partial charge in [0.1, 0.15) is 0 Å². The number of rotatable bonds is 3. The lowest BCUT2D eigenvalue weighted by Crippen LogP contribution is -2.40. The molecule has 0 bridgehead atoms. The SMILES string of the molecule is CCC(=O)N1CCC(C(=O)c2ccc(C)cc2C)CC1. The lowest BCUT2D eigenvalue weighted by molar-refractivity contribution is -0.132. The molecule has 1 amide bonds. The van der Waals surface area contributed by atoms with Crippen molar-refractivity contribution in [2.45, 2.75) is 40.0 Å². The molecule has 1 heterocycles. The van der Waals surface area contributed by atoms with Crippen molar-refractivity contribution in [1.82, 2.24) is 4.90 Å². The first-order chi connectivity index (χ1) is 9.52. The van der Waals surface area contributed by atoms with E-state index in [4.69, 9.17) is 0 Å². The van der Waals surface area contributed by atoms with E-state index in [1.165, 1.54) is 5.56 Å². The summed E-state index contributed by atoms with van der Waals surface area (Å²) in [5.74, 6) is 0.505. The molecule has 0 N–H and O–H groups in total. The van der Waals surface area contributed by atoms with Crippen molar-refractivity contribution in [2.24, 2.45) is 5.92 Å². The van der Waals surface area contributed by atoms with Crippen molar-refractivity contribution >= 4 is 11.7 Å². The zero-order valence-corrected chi connectivity index (χ0v) is 12.6. The summed E-state index contributed by atoms with van der Waals surface area (Å²) in [5, 5.41) is 0. The zero-order chi connectivity index (χ0) is 14.7. The third-order valence-electron chi connectivity index (χ3n) is 4.17. The number of amides is 1. The summed E-state index contributed by atoms with van der Waals surface area (Å²) in [4.78, 5) is 26.1. The summed E-state index contributed by atoms with van der Waals surface area (Å²) in [5.41, 5.74) is 3.08. The Kier molecular flexibility index (Phi) is 4.58. The van der Waals surface area contributed by atoms with Gasteiger partial charge in [0.05, 0.1) is 0 Å². The highest BCUT2D eigenvalue weighted by Gasteiger charge is 2.27. The molecule has 1 aliphatic rings. The molecule has 1 aromatic rings. The first-order valence-electron chi connectivity index (χ1n) is 7.42. The number of carbonyl (C=O) groups is 2. The van der Waals surface area contributed by atoms with E-state index in [9.17, 15) is 9.59 Å². The molecule has 0 saturated carbocycles. The van der Waals surface area contributed by atoms with Crippen LogP contribution in [0.3, 0.4) is 0 Å². The summed E-state index contributed by atoms with van der Waals surface area (Å²) in [6.07, 6.45) is 2.13. The van der Waals surface area contributed by atoms with Crippen LogP contribution in [0.2, 0.25) is 0 Å². The Labute approximate surface area is 121 Å². The molecule has 0 spiro atoms. The van der Waals surface area contributed by atoms with Gasteiger partial charge in [-0.2, -0.15) is 0 Å². The summed E-state index contributed by atoms with van der Waals surface area (Å²) in [7, 11) is 0. The summed E-state index contributed by atoms with van der Waals surface area (Å²) < 4.78 is 0. The van der Waals surface area contributed by atoms with Gasteiger partial charge in [-0.3, -0.25) is 9.59 Å². The van der Waals surface area contributed by atoms with Gasteiger partial charge in [-0.25, -0.2) is 0 Å². The van der Waals surface area contributed by atoms with E-state index in [1.807, 2.05) is 37.8 Å². The smallest absolute Gasteiger partial charge is 0.222 e. The highest BCUT2D eigenvalue weighted by molar-refractivity contribution is 5.99. The van der Waals surface area contributed by atoms with Crippen molar-refractivity contribution in [2.75, 3.05) is 13.1 Å². The standard InChI is InChI=1S/C17H23NO2/c1-4-16(19)18-9-7-14(8-10-18)17(20)15-6-5-12(2)11-13(15)3/h5-6,11,14H,4,7-10H2,1-3H3. The van der Waals surface area contributed by atoms with Crippen LogP contribution in [0, 0.1) is 19.8 Å². The maximum Gasteiger partial charge on any atom is 0.222 e. The number of benzene rings is 1. The number of nitrogens with zero attached hydrogens (tertiary/aromatic N) is 1. The minimum absolute atomic E-state index is 0.0670. The van der Waals surface area contributed by atoms with Crippen molar-refractivity contribution in [1.29, 1.82) is 0 Å². The van der Waals surface area contributed by atoms with Crippen molar-refractivity contribution in [3.8, 4) is 0 Å². The molecule has 0 aliphatic carbocycles. The van der Waals surface area contributed by atoms with Crippen LogP contribution >= 0.6 is 0 Å². The maximum atomic E-state index is 12.6. The Bertz CT molecular complexity index is 514. The predicted octanol–water partition coefficient (Wildman–Crippen LogP) is 3.13. The Balaban J connectivity index is 2.03. The van der Waals surface area contributed by atoms with Gasteiger partial charge >= 0.3 is 0 Å². The Hall–Kier alpha value is -1.64. The normalized spacial score (nSPS) is 16.2. The lowest BCUT2D eigenvalue weighted by atomic mass is 9.87. The number of ketones is 1. The van der Waals surface area contributed by atoms with E-state index in [2.05, 4.69) is 6.07 Å². The van der Waals surface area contributed by atoms with E-state index in [-0.39, 0.29) is 17.6 Å². The van der Waals surface area contributed by atoms with Crippen LogP contribution in [0.15, 0.2) is 18.2 Å².